The van der Waals surface area contributed by atoms with Gasteiger partial charge in [0.15, 0.2) is 0 Å². The Balaban J connectivity index is 2.50. The molecule has 2 amide bonds. The van der Waals surface area contributed by atoms with Crippen molar-refractivity contribution in [3.63, 3.8) is 0 Å². The molecule has 0 atom stereocenters. The number of hydrogen-bond donors (Lipinski definition) is 3. The highest BCUT2D eigenvalue weighted by Crippen LogP contribution is 2.09. The maximum atomic E-state index is 11.4. The number of nitrogens with one attached hydrogen (secondary N) is 2. The predicted octanol–water partition coefficient (Wildman–Crippen LogP) is 2.36. The molecule has 0 aliphatic rings. The molecule has 0 aliphatic heterocycles. The molecule has 0 unspecified atom stereocenters. The zero-order valence-electron chi connectivity index (χ0n) is 10.1. The van der Waals surface area contributed by atoms with Crippen molar-refractivity contribution in [2.75, 3.05) is 5.32 Å². The van der Waals surface area contributed by atoms with Crippen molar-refractivity contribution >= 4 is 17.7 Å². The van der Waals surface area contributed by atoms with Crippen LogP contribution in [0.15, 0.2) is 36.5 Å². The lowest BCUT2D eigenvalue weighted by Crippen LogP contribution is -2.23. The SMILES string of the molecule is CC/C=C/NC(=O)Nc1ccc(CC(=O)O)cc1. The Labute approximate surface area is 106 Å². The molecule has 1 aromatic rings. The van der Waals surface area contributed by atoms with E-state index in [1.807, 2.05) is 13.0 Å². The number of carbonyl (C=O) groups excluding carboxylic acids is 1. The third-order valence-corrected chi connectivity index (χ3v) is 2.14. The molecule has 0 radical (unpaired) electrons. The maximum absolute atomic E-state index is 11.4. The van der Waals surface area contributed by atoms with Crippen LogP contribution in [-0.2, 0) is 11.2 Å². The third-order valence-electron chi connectivity index (χ3n) is 2.14. The summed E-state index contributed by atoms with van der Waals surface area (Å²) in [6.07, 6.45) is 4.24. The monoisotopic (exact) mass is 248 g/mol. The summed E-state index contributed by atoms with van der Waals surface area (Å²) in [5.41, 5.74) is 1.31. The second-order valence-electron chi connectivity index (χ2n) is 3.68. The van der Waals surface area contributed by atoms with E-state index in [9.17, 15) is 9.59 Å². The van der Waals surface area contributed by atoms with Gasteiger partial charge in [-0.25, -0.2) is 4.79 Å². The van der Waals surface area contributed by atoms with Gasteiger partial charge in [0, 0.05) is 11.9 Å². The summed E-state index contributed by atoms with van der Waals surface area (Å²) in [4.78, 5) is 21.9. The Bertz CT molecular complexity index is 438. The number of carboxylic acids is 1. The molecule has 0 bridgehead atoms. The fraction of sp³-hybridized carbons (Fsp3) is 0.231. The van der Waals surface area contributed by atoms with Gasteiger partial charge in [-0.2, -0.15) is 0 Å². The van der Waals surface area contributed by atoms with Crippen molar-refractivity contribution < 1.29 is 14.7 Å². The standard InChI is InChI=1S/C13H16N2O3/c1-2-3-8-14-13(18)15-11-6-4-10(5-7-11)9-12(16)17/h3-8H,2,9H2,1H3,(H,16,17)(H2,14,15,18)/b8-3+. The van der Waals surface area contributed by atoms with E-state index in [4.69, 9.17) is 5.11 Å². The summed E-state index contributed by atoms with van der Waals surface area (Å²) in [6, 6.07) is 6.35. The molecular formula is C13H16N2O3. The molecule has 0 saturated carbocycles. The van der Waals surface area contributed by atoms with Gasteiger partial charge in [-0.15, -0.1) is 0 Å². The van der Waals surface area contributed by atoms with Crippen LogP contribution in [0.3, 0.4) is 0 Å². The molecule has 5 nitrogen and oxygen atoms in total. The first kappa shape index (κ1) is 13.8. The first-order valence-corrected chi connectivity index (χ1v) is 5.65. The van der Waals surface area contributed by atoms with Crippen molar-refractivity contribution in [1.82, 2.24) is 5.32 Å². The number of aliphatic carboxylic acids is 1. The van der Waals surface area contributed by atoms with E-state index >= 15 is 0 Å². The molecule has 1 aromatic carbocycles. The van der Waals surface area contributed by atoms with Gasteiger partial charge in [-0.1, -0.05) is 25.1 Å². The Kier molecular flexibility index (Phi) is 5.44. The van der Waals surface area contributed by atoms with Gasteiger partial charge < -0.3 is 15.7 Å². The van der Waals surface area contributed by atoms with Crippen molar-refractivity contribution in [2.45, 2.75) is 19.8 Å². The summed E-state index contributed by atoms with van der Waals surface area (Å²) < 4.78 is 0. The van der Waals surface area contributed by atoms with E-state index in [0.717, 1.165) is 6.42 Å². The number of allylic oxidation sites excluding steroid dienone is 1. The largest absolute Gasteiger partial charge is 0.481 e. The van der Waals surface area contributed by atoms with Crippen molar-refractivity contribution in [1.29, 1.82) is 0 Å². The quantitative estimate of drug-likeness (QED) is 0.748. The molecule has 5 heteroatoms. The minimum atomic E-state index is -0.877. The molecule has 0 aromatic heterocycles. The lowest BCUT2D eigenvalue weighted by molar-refractivity contribution is -0.136. The predicted molar refractivity (Wildman–Crippen MR) is 69.4 cm³/mol. The van der Waals surface area contributed by atoms with Gasteiger partial charge in [0.2, 0.25) is 0 Å². The van der Waals surface area contributed by atoms with Crippen LogP contribution in [0, 0.1) is 0 Å². The van der Waals surface area contributed by atoms with Gasteiger partial charge in [0.05, 0.1) is 6.42 Å². The third kappa shape index (κ3) is 5.16. The highest BCUT2D eigenvalue weighted by atomic mass is 16.4. The van der Waals surface area contributed by atoms with Crippen LogP contribution >= 0.6 is 0 Å². The molecule has 0 fully saturated rings. The number of hydrogen-bond acceptors (Lipinski definition) is 2. The number of carbonyl (C=O) groups is 2. The summed E-state index contributed by atoms with van der Waals surface area (Å²) >= 11 is 0. The number of rotatable bonds is 5. The van der Waals surface area contributed by atoms with Crippen LogP contribution in [0.2, 0.25) is 0 Å². The Morgan fingerprint density at radius 1 is 1.28 bits per heavy atom. The van der Waals surface area contributed by atoms with Gasteiger partial charge in [0.1, 0.15) is 0 Å². The molecule has 0 heterocycles. The molecule has 0 spiro atoms. The second kappa shape index (κ2) is 7.11. The summed E-state index contributed by atoms with van der Waals surface area (Å²) in [7, 11) is 0. The van der Waals surface area contributed by atoms with Gasteiger partial charge in [-0.05, 0) is 24.1 Å². The average molecular weight is 248 g/mol. The van der Waals surface area contributed by atoms with Crippen LogP contribution in [0.1, 0.15) is 18.9 Å². The Morgan fingerprint density at radius 3 is 2.50 bits per heavy atom. The highest BCUT2D eigenvalue weighted by Gasteiger charge is 2.02. The average Bonchev–Trinajstić information content (AvgIpc) is 2.31. The summed E-state index contributed by atoms with van der Waals surface area (Å²) in [5, 5.41) is 13.8. The van der Waals surface area contributed by atoms with Crippen LogP contribution in [0.25, 0.3) is 0 Å². The van der Waals surface area contributed by atoms with E-state index in [2.05, 4.69) is 10.6 Å². The number of carboxylic acid groups (broad SMARTS) is 1. The molecule has 3 N–H and O–H groups in total. The van der Waals surface area contributed by atoms with Crippen molar-refractivity contribution in [2.24, 2.45) is 0 Å². The molecule has 18 heavy (non-hydrogen) atoms. The zero-order valence-corrected chi connectivity index (χ0v) is 10.1. The normalized spacial score (nSPS) is 10.3. The van der Waals surface area contributed by atoms with Gasteiger partial charge in [-0.3, -0.25) is 4.79 Å². The van der Waals surface area contributed by atoms with Gasteiger partial charge in [0.25, 0.3) is 0 Å². The Morgan fingerprint density at radius 2 is 1.94 bits per heavy atom. The lowest BCUT2D eigenvalue weighted by atomic mass is 10.1. The zero-order chi connectivity index (χ0) is 13.4. The number of amides is 2. The van der Waals surface area contributed by atoms with E-state index < -0.39 is 5.97 Å². The van der Waals surface area contributed by atoms with Crippen LogP contribution in [-0.4, -0.2) is 17.1 Å². The topological polar surface area (TPSA) is 78.4 Å². The van der Waals surface area contributed by atoms with E-state index in [-0.39, 0.29) is 12.5 Å². The number of anilines is 1. The van der Waals surface area contributed by atoms with Crippen molar-refractivity contribution in [3.8, 4) is 0 Å². The lowest BCUT2D eigenvalue weighted by Gasteiger charge is -2.05. The molecule has 1 rings (SSSR count). The first-order chi connectivity index (χ1) is 8.61. The minimum Gasteiger partial charge on any atom is -0.481 e. The van der Waals surface area contributed by atoms with Crippen molar-refractivity contribution in [3.05, 3.63) is 42.1 Å². The molecule has 96 valence electrons. The van der Waals surface area contributed by atoms with Crippen LogP contribution < -0.4 is 10.6 Å². The number of benzene rings is 1. The number of urea groups is 1. The molecule has 0 aliphatic carbocycles. The van der Waals surface area contributed by atoms with Gasteiger partial charge >= 0.3 is 12.0 Å². The fourth-order valence-corrected chi connectivity index (χ4v) is 1.30. The van der Waals surface area contributed by atoms with E-state index in [1.165, 1.54) is 0 Å². The smallest absolute Gasteiger partial charge is 0.323 e. The van der Waals surface area contributed by atoms with E-state index in [0.29, 0.717) is 11.3 Å². The molecular weight excluding hydrogens is 232 g/mol. The molecule has 0 saturated heterocycles. The van der Waals surface area contributed by atoms with E-state index in [1.54, 1.807) is 30.5 Å². The summed E-state index contributed by atoms with van der Waals surface area (Å²) in [6.45, 7) is 1.97. The Hall–Kier alpha value is -2.30. The summed E-state index contributed by atoms with van der Waals surface area (Å²) in [5.74, 6) is -0.877. The van der Waals surface area contributed by atoms with Crippen LogP contribution in [0.4, 0.5) is 10.5 Å². The minimum absolute atomic E-state index is 0.0221. The highest BCUT2D eigenvalue weighted by molar-refractivity contribution is 5.89. The van der Waals surface area contributed by atoms with Crippen LogP contribution in [0.5, 0.6) is 0 Å². The second-order valence-corrected chi connectivity index (χ2v) is 3.68. The first-order valence-electron chi connectivity index (χ1n) is 5.65. The fourth-order valence-electron chi connectivity index (χ4n) is 1.30. The maximum Gasteiger partial charge on any atom is 0.323 e.